The monoisotopic (exact) mass is 543 g/mol. The van der Waals surface area contributed by atoms with E-state index in [0.29, 0.717) is 18.4 Å². The third kappa shape index (κ3) is 3.78. The lowest BCUT2D eigenvalue weighted by atomic mass is 9.61. The molecule has 1 atom stereocenters. The highest BCUT2D eigenvalue weighted by molar-refractivity contribution is 7.23. The first kappa shape index (κ1) is 25.7. The van der Waals surface area contributed by atoms with Gasteiger partial charge in [-0.1, -0.05) is 45.4 Å². The minimum absolute atomic E-state index is 0.0499. The molecule has 1 fully saturated rings. The zero-order valence-corrected chi connectivity index (χ0v) is 22.7. The number of ether oxygens (including phenoxy) is 1. The molecular weight excluding hydrogens is 516 g/mol. The molecule has 3 heterocycles. The third-order valence-corrected chi connectivity index (χ3v) is 9.85. The minimum atomic E-state index is -0.753. The van der Waals surface area contributed by atoms with Gasteiger partial charge in [0.2, 0.25) is 0 Å². The van der Waals surface area contributed by atoms with E-state index in [2.05, 4.69) is 27.7 Å². The zero-order chi connectivity index (χ0) is 26.8. The fourth-order valence-corrected chi connectivity index (χ4v) is 7.58. The molecule has 1 unspecified atom stereocenters. The van der Waals surface area contributed by atoms with Gasteiger partial charge in [0.1, 0.15) is 29.3 Å². The maximum Gasteiger partial charge on any atom is 0.258 e. The Hall–Kier alpha value is -2.89. The van der Waals surface area contributed by atoms with E-state index < -0.39 is 11.6 Å². The first-order valence-corrected chi connectivity index (χ1v) is 13.6. The molecule has 0 radical (unpaired) electrons. The van der Waals surface area contributed by atoms with Crippen LogP contribution < -0.4 is 10.5 Å². The number of rotatable bonds is 3. The predicted molar refractivity (Wildman–Crippen MR) is 143 cm³/mol. The second kappa shape index (κ2) is 9.14. The van der Waals surface area contributed by atoms with Crippen molar-refractivity contribution < 1.29 is 18.3 Å². The van der Waals surface area contributed by atoms with E-state index in [1.165, 1.54) is 12.1 Å². The maximum absolute atomic E-state index is 15.7. The Morgan fingerprint density at radius 1 is 1.22 bits per heavy atom. The lowest BCUT2D eigenvalue weighted by Gasteiger charge is -2.50. The van der Waals surface area contributed by atoms with E-state index in [-0.39, 0.29) is 72.1 Å². The molecule has 1 saturated heterocycles. The van der Waals surface area contributed by atoms with Crippen LogP contribution in [0.1, 0.15) is 56.5 Å². The molecule has 2 aliphatic heterocycles. The molecular formula is C28H28ClF2N3O2S. The second-order valence-corrected chi connectivity index (χ2v) is 12.1. The molecule has 5 rings (SSSR count). The summed E-state index contributed by atoms with van der Waals surface area (Å²) in [5.41, 5.74) is 6.33. The minimum Gasteiger partial charge on any atom is -0.489 e. The van der Waals surface area contributed by atoms with Crippen LogP contribution in [0.3, 0.4) is 0 Å². The number of amides is 1. The Bertz CT molecular complexity index is 1470. The van der Waals surface area contributed by atoms with Crippen LogP contribution in [-0.4, -0.2) is 30.0 Å². The van der Waals surface area contributed by atoms with Crippen molar-refractivity contribution in [3.05, 3.63) is 46.0 Å². The number of thiophene rings is 1. The Balaban J connectivity index is 1.64. The van der Waals surface area contributed by atoms with Gasteiger partial charge < -0.3 is 15.4 Å². The van der Waals surface area contributed by atoms with Gasteiger partial charge in [-0.05, 0) is 47.8 Å². The molecule has 3 aromatic rings. The van der Waals surface area contributed by atoms with Gasteiger partial charge in [-0.3, -0.25) is 4.79 Å². The Morgan fingerprint density at radius 2 is 1.92 bits per heavy atom. The average Bonchev–Trinajstić information content (AvgIpc) is 3.13. The molecule has 194 valence electrons. The largest absolute Gasteiger partial charge is 0.489 e. The maximum atomic E-state index is 15.7. The van der Waals surface area contributed by atoms with Crippen molar-refractivity contribution in [2.45, 2.75) is 46.6 Å². The van der Waals surface area contributed by atoms with E-state index in [4.69, 9.17) is 22.1 Å². The van der Waals surface area contributed by atoms with Crippen LogP contribution in [0.15, 0.2) is 18.2 Å². The van der Waals surface area contributed by atoms with Gasteiger partial charge >= 0.3 is 0 Å². The summed E-state index contributed by atoms with van der Waals surface area (Å²) in [5, 5.41) is 9.91. The van der Waals surface area contributed by atoms with Gasteiger partial charge in [-0.15, -0.1) is 11.3 Å². The highest BCUT2D eigenvalue weighted by Gasteiger charge is 2.47. The van der Waals surface area contributed by atoms with E-state index in [1.807, 2.05) is 6.07 Å². The fourth-order valence-electron chi connectivity index (χ4n) is 6.28. The summed E-state index contributed by atoms with van der Waals surface area (Å²) in [6, 6.07) is 5.54. The number of fused-ring (bicyclic) bond motifs is 3. The van der Waals surface area contributed by atoms with Crippen molar-refractivity contribution >= 4 is 43.9 Å². The van der Waals surface area contributed by atoms with E-state index in [9.17, 15) is 14.4 Å². The quantitative estimate of drug-likeness (QED) is 0.377. The summed E-state index contributed by atoms with van der Waals surface area (Å²) in [5.74, 6) is -0.668. The van der Waals surface area contributed by atoms with Crippen LogP contribution in [0, 0.1) is 40.2 Å². The molecule has 2 N–H and O–H groups in total. The first-order valence-electron chi connectivity index (χ1n) is 12.4. The van der Waals surface area contributed by atoms with Gasteiger partial charge in [-0.2, -0.15) is 5.26 Å². The highest BCUT2D eigenvalue weighted by atomic mass is 35.5. The van der Waals surface area contributed by atoms with Crippen molar-refractivity contribution in [2.75, 3.05) is 18.9 Å². The van der Waals surface area contributed by atoms with E-state index in [0.717, 1.165) is 30.2 Å². The summed E-state index contributed by atoms with van der Waals surface area (Å²) < 4.78 is 36.6. The number of carbonyl (C=O) groups excluding carboxylic acids is 1. The molecule has 5 nitrogen and oxygen atoms in total. The summed E-state index contributed by atoms with van der Waals surface area (Å²) in [7, 11) is 0. The van der Waals surface area contributed by atoms with Crippen molar-refractivity contribution in [1.29, 1.82) is 5.26 Å². The number of nitrogen functional groups attached to an aromatic ring is 1. The number of hydrogen-bond acceptors (Lipinski definition) is 5. The number of nitriles is 1. The van der Waals surface area contributed by atoms with Crippen LogP contribution in [0.2, 0.25) is 5.02 Å². The second-order valence-electron chi connectivity index (χ2n) is 10.6. The number of nitrogens with two attached hydrogens (primary N) is 1. The lowest BCUT2D eigenvalue weighted by molar-refractivity contribution is -0.0179. The normalized spacial score (nSPS) is 19.0. The highest BCUT2D eigenvalue weighted by Crippen LogP contribution is 2.50. The number of piperidine rings is 1. The molecule has 1 aromatic heterocycles. The molecule has 0 bridgehead atoms. The molecule has 2 aliphatic rings. The average molecular weight is 544 g/mol. The van der Waals surface area contributed by atoms with Crippen LogP contribution in [0.5, 0.6) is 5.75 Å². The Morgan fingerprint density at radius 3 is 2.57 bits per heavy atom. The summed E-state index contributed by atoms with van der Waals surface area (Å²) in [6.07, 6.45) is 1.64. The van der Waals surface area contributed by atoms with Gasteiger partial charge in [-0.25, -0.2) is 8.78 Å². The number of nitrogens with zero attached hydrogens (tertiary/aromatic N) is 2. The molecule has 2 aromatic carbocycles. The van der Waals surface area contributed by atoms with Crippen LogP contribution in [0.4, 0.5) is 13.8 Å². The van der Waals surface area contributed by atoms with Gasteiger partial charge in [0.05, 0.1) is 26.9 Å². The van der Waals surface area contributed by atoms with Crippen LogP contribution in [0.25, 0.3) is 21.2 Å². The van der Waals surface area contributed by atoms with Crippen molar-refractivity contribution in [2.24, 2.45) is 17.3 Å². The summed E-state index contributed by atoms with van der Waals surface area (Å²) >= 11 is 7.68. The van der Waals surface area contributed by atoms with Crippen LogP contribution in [-0.2, 0) is 0 Å². The van der Waals surface area contributed by atoms with E-state index >= 15 is 4.39 Å². The number of anilines is 1. The van der Waals surface area contributed by atoms with Crippen molar-refractivity contribution in [1.82, 2.24) is 4.90 Å². The number of carbonyl (C=O) groups is 1. The van der Waals surface area contributed by atoms with E-state index in [1.54, 1.807) is 4.90 Å². The Labute approximate surface area is 223 Å². The smallest absolute Gasteiger partial charge is 0.258 e. The predicted octanol–water partition coefficient (Wildman–Crippen LogP) is 7.25. The number of halogens is 3. The zero-order valence-electron chi connectivity index (χ0n) is 21.1. The topological polar surface area (TPSA) is 79.4 Å². The molecule has 0 spiro atoms. The van der Waals surface area contributed by atoms with Gasteiger partial charge in [0.15, 0.2) is 5.75 Å². The first-order chi connectivity index (χ1) is 17.5. The molecule has 1 amide bonds. The Kier molecular flexibility index (Phi) is 6.36. The molecule has 37 heavy (non-hydrogen) atoms. The number of benzene rings is 2. The van der Waals surface area contributed by atoms with Crippen LogP contribution >= 0.6 is 22.9 Å². The fraction of sp³-hybridized carbons (Fsp3) is 0.429. The van der Waals surface area contributed by atoms with Gasteiger partial charge in [0.25, 0.3) is 5.91 Å². The molecule has 0 saturated carbocycles. The standard InChI is InChI=1S/C28H28ClF2N3O2S/c1-13(2)28(14(3)4)7-8-34-15(10-28)12-36-24-17(27(34)35)9-20(31)22(23(24)29)16-5-6-19(30)25-21(16)18(11-32)26(33)37-25/h5-6,9,13-15H,7-8,10,12,33H2,1-4H3. The lowest BCUT2D eigenvalue weighted by Crippen LogP contribution is -2.54. The van der Waals surface area contributed by atoms with Crippen molar-refractivity contribution in [3.63, 3.8) is 0 Å². The molecule has 0 aliphatic carbocycles. The summed E-state index contributed by atoms with van der Waals surface area (Å²) in [4.78, 5) is 15.4. The third-order valence-electron chi connectivity index (χ3n) is 8.46. The molecule has 9 heteroatoms. The number of hydrogen-bond donors (Lipinski definition) is 1. The summed E-state index contributed by atoms with van der Waals surface area (Å²) in [6.45, 7) is 9.67. The van der Waals surface area contributed by atoms with Gasteiger partial charge in [0, 0.05) is 17.5 Å². The van der Waals surface area contributed by atoms with Crippen molar-refractivity contribution in [3.8, 4) is 22.9 Å². The SMILES string of the molecule is CC(C)C1(C(C)C)CCN2C(=O)c3cc(F)c(-c4ccc(F)c5sc(N)c(C#N)c45)c(Cl)c3OCC2C1.